The number of rotatable bonds is 5. The number of nitrogens with zero attached hydrogens (tertiary/aromatic N) is 1. The molecule has 0 bridgehead atoms. The number of carbonyl (C=O) groups excluding carboxylic acids is 2. The minimum atomic E-state index is -0.333. The molecule has 0 aromatic heterocycles. The number of hydrogen-bond donors (Lipinski definition) is 1. The third-order valence-electron chi connectivity index (χ3n) is 4.48. The maximum Gasteiger partial charge on any atom is 0.229 e. The van der Waals surface area contributed by atoms with Gasteiger partial charge in [-0.2, -0.15) is 0 Å². The summed E-state index contributed by atoms with van der Waals surface area (Å²) in [6, 6.07) is 15.5. The Labute approximate surface area is 152 Å². The Kier molecular flexibility index (Phi) is 5.39. The smallest absolute Gasteiger partial charge is 0.229 e. The van der Waals surface area contributed by atoms with E-state index in [0.29, 0.717) is 23.8 Å². The van der Waals surface area contributed by atoms with Gasteiger partial charge in [-0.25, -0.2) is 0 Å². The van der Waals surface area contributed by atoms with Crippen LogP contribution < -0.4 is 5.32 Å². The van der Waals surface area contributed by atoms with E-state index in [1.165, 1.54) is 5.56 Å². The zero-order valence-corrected chi connectivity index (χ0v) is 14.9. The number of halogens is 1. The zero-order valence-electron chi connectivity index (χ0n) is 14.2. The fourth-order valence-corrected chi connectivity index (χ4v) is 3.31. The van der Waals surface area contributed by atoms with Crippen LogP contribution in [0.25, 0.3) is 0 Å². The SMILES string of the molecule is Cc1ccc(NC(=O)[C@H]2CC(=O)N(CCc3ccccc3)C2)c(Cl)c1. The van der Waals surface area contributed by atoms with Crippen LogP contribution in [-0.4, -0.2) is 29.8 Å². The molecule has 1 aliphatic rings. The van der Waals surface area contributed by atoms with Gasteiger partial charge in [0.15, 0.2) is 0 Å². The van der Waals surface area contributed by atoms with E-state index in [9.17, 15) is 9.59 Å². The molecule has 5 heteroatoms. The maximum absolute atomic E-state index is 12.5. The molecule has 2 amide bonds. The van der Waals surface area contributed by atoms with E-state index >= 15 is 0 Å². The average molecular weight is 357 g/mol. The first-order valence-electron chi connectivity index (χ1n) is 8.41. The van der Waals surface area contributed by atoms with Crippen LogP contribution in [-0.2, 0) is 16.0 Å². The van der Waals surface area contributed by atoms with Crippen molar-refractivity contribution in [1.29, 1.82) is 0 Å². The molecule has 0 radical (unpaired) electrons. The number of nitrogens with one attached hydrogen (secondary N) is 1. The number of likely N-dealkylation sites (tertiary alicyclic amines) is 1. The summed E-state index contributed by atoms with van der Waals surface area (Å²) in [6.07, 6.45) is 1.05. The van der Waals surface area contributed by atoms with Crippen molar-refractivity contribution < 1.29 is 9.59 Å². The molecule has 0 spiro atoms. The highest BCUT2D eigenvalue weighted by Gasteiger charge is 2.34. The summed E-state index contributed by atoms with van der Waals surface area (Å²) in [5.74, 6) is -0.451. The molecule has 1 saturated heterocycles. The standard InChI is InChI=1S/C20H21ClN2O2/c1-14-7-8-18(17(21)11-14)22-20(25)16-12-19(24)23(13-16)10-9-15-5-3-2-4-6-15/h2-8,11,16H,9-10,12-13H2,1H3,(H,22,25)/t16-/m0/s1. The zero-order chi connectivity index (χ0) is 17.8. The highest BCUT2D eigenvalue weighted by atomic mass is 35.5. The summed E-state index contributed by atoms with van der Waals surface area (Å²) in [7, 11) is 0. The van der Waals surface area contributed by atoms with Crippen LogP contribution in [0, 0.1) is 12.8 Å². The minimum Gasteiger partial charge on any atom is -0.342 e. The first-order chi connectivity index (χ1) is 12.0. The molecule has 1 atom stereocenters. The van der Waals surface area contributed by atoms with Gasteiger partial charge in [-0.15, -0.1) is 0 Å². The van der Waals surface area contributed by atoms with Crippen LogP contribution in [0.2, 0.25) is 5.02 Å². The van der Waals surface area contributed by atoms with Gasteiger partial charge in [-0.1, -0.05) is 48.0 Å². The van der Waals surface area contributed by atoms with E-state index < -0.39 is 0 Å². The Balaban J connectivity index is 1.57. The molecule has 1 aliphatic heterocycles. The van der Waals surface area contributed by atoms with Crippen molar-refractivity contribution in [3.8, 4) is 0 Å². The fourth-order valence-electron chi connectivity index (χ4n) is 3.03. The van der Waals surface area contributed by atoms with Crippen molar-refractivity contribution in [1.82, 2.24) is 4.90 Å². The van der Waals surface area contributed by atoms with Crippen molar-refractivity contribution in [3.05, 3.63) is 64.7 Å². The van der Waals surface area contributed by atoms with E-state index in [4.69, 9.17) is 11.6 Å². The van der Waals surface area contributed by atoms with Crippen LogP contribution in [0.1, 0.15) is 17.5 Å². The summed E-state index contributed by atoms with van der Waals surface area (Å²) in [5.41, 5.74) is 2.81. The lowest BCUT2D eigenvalue weighted by Gasteiger charge is -2.17. The van der Waals surface area contributed by atoms with Gasteiger partial charge in [0.1, 0.15) is 0 Å². The molecular formula is C20H21ClN2O2. The predicted octanol–water partition coefficient (Wildman–Crippen LogP) is 3.68. The quantitative estimate of drug-likeness (QED) is 0.888. The lowest BCUT2D eigenvalue weighted by atomic mass is 10.1. The Bertz CT molecular complexity index is 777. The van der Waals surface area contributed by atoms with E-state index in [2.05, 4.69) is 5.32 Å². The van der Waals surface area contributed by atoms with Crippen molar-refractivity contribution >= 4 is 29.1 Å². The molecule has 4 nitrogen and oxygen atoms in total. The summed E-state index contributed by atoms with van der Waals surface area (Å²) in [5, 5.41) is 3.36. The van der Waals surface area contributed by atoms with Crippen molar-refractivity contribution in [2.45, 2.75) is 19.8 Å². The second-order valence-electron chi connectivity index (χ2n) is 6.45. The largest absolute Gasteiger partial charge is 0.342 e. The molecule has 25 heavy (non-hydrogen) atoms. The summed E-state index contributed by atoms with van der Waals surface area (Å²) < 4.78 is 0. The van der Waals surface area contributed by atoms with E-state index in [1.54, 1.807) is 11.0 Å². The highest BCUT2D eigenvalue weighted by molar-refractivity contribution is 6.33. The number of anilines is 1. The van der Waals surface area contributed by atoms with Gasteiger partial charge in [0, 0.05) is 19.5 Å². The molecule has 2 aromatic carbocycles. The second-order valence-corrected chi connectivity index (χ2v) is 6.86. The van der Waals surface area contributed by atoms with E-state index in [1.807, 2.05) is 49.4 Å². The van der Waals surface area contributed by atoms with Gasteiger partial charge in [-0.05, 0) is 36.6 Å². The van der Waals surface area contributed by atoms with Crippen LogP contribution in [0.15, 0.2) is 48.5 Å². The van der Waals surface area contributed by atoms with Crippen LogP contribution in [0.5, 0.6) is 0 Å². The van der Waals surface area contributed by atoms with Crippen molar-refractivity contribution in [3.63, 3.8) is 0 Å². The summed E-state index contributed by atoms with van der Waals surface area (Å²) in [4.78, 5) is 26.4. The van der Waals surface area contributed by atoms with Crippen LogP contribution in [0.4, 0.5) is 5.69 Å². The third-order valence-corrected chi connectivity index (χ3v) is 4.79. The summed E-state index contributed by atoms with van der Waals surface area (Å²) in [6.45, 7) is 3.04. The monoisotopic (exact) mass is 356 g/mol. The molecule has 1 N–H and O–H groups in total. The third kappa shape index (κ3) is 4.40. The van der Waals surface area contributed by atoms with Gasteiger partial charge < -0.3 is 10.2 Å². The normalized spacial score (nSPS) is 17.0. The van der Waals surface area contributed by atoms with Gasteiger partial charge in [-0.3, -0.25) is 9.59 Å². The lowest BCUT2D eigenvalue weighted by Crippen LogP contribution is -2.30. The molecule has 0 saturated carbocycles. The molecule has 0 unspecified atom stereocenters. The van der Waals surface area contributed by atoms with Crippen LogP contribution in [0.3, 0.4) is 0 Å². The predicted molar refractivity (Wildman–Crippen MR) is 99.7 cm³/mol. The average Bonchev–Trinajstić information content (AvgIpc) is 2.97. The number of aryl methyl sites for hydroxylation is 1. The molecule has 1 fully saturated rings. The number of amides is 2. The Morgan fingerprint density at radius 3 is 2.72 bits per heavy atom. The number of carbonyl (C=O) groups is 2. The lowest BCUT2D eigenvalue weighted by molar-refractivity contribution is -0.128. The maximum atomic E-state index is 12.5. The number of hydrogen-bond acceptors (Lipinski definition) is 2. The second kappa shape index (κ2) is 7.70. The summed E-state index contributed by atoms with van der Waals surface area (Å²) >= 11 is 6.16. The van der Waals surface area contributed by atoms with Gasteiger partial charge in [0.25, 0.3) is 0 Å². The Hall–Kier alpha value is -2.33. The highest BCUT2D eigenvalue weighted by Crippen LogP contribution is 2.25. The molecule has 1 heterocycles. The van der Waals surface area contributed by atoms with Crippen molar-refractivity contribution in [2.24, 2.45) is 5.92 Å². The first-order valence-corrected chi connectivity index (χ1v) is 8.79. The first kappa shape index (κ1) is 17.5. The van der Waals surface area contributed by atoms with Gasteiger partial charge in [0.05, 0.1) is 16.6 Å². The van der Waals surface area contributed by atoms with Gasteiger partial charge in [0.2, 0.25) is 11.8 Å². The van der Waals surface area contributed by atoms with Gasteiger partial charge >= 0.3 is 0 Å². The van der Waals surface area contributed by atoms with Crippen molar-refractivity contribution in [2.75, 3.05) is 18.4 Å². The minimum absolute atomic E-state index is 0.0334. The molecule has 130 valence electrons. The molecule has 2 aromatic rings. The Morgan fingerprint density at radius 2 is 2.00 bits per heavy atom. The van der Waals surface area contributed by atoms with Crippen LogP contribution >= 0.6 is 11.6 Å². The Morgan fingerprint density at radius 1 is 1.24 bits per heavy atom. The molecular weight excluding hydrogens is 336 g/mol. The number of benzene rings is 2. The fraction of sp³-hybridized carbons (Fsp3) is 0.300. The van der Waals surface area contributed by atoms with E-state index in [0.717, 1.165) is 12.0 Å². The van der Waals surface area contributed by atoms with E-state index in [-0.39, 0.29) is 24.2 Å². The molecule has 0 aliphatic carbocycles. The topological polar surface area (TPSA) is 49.4 Å². The molecule has 3 rings (SSSR count).